The molecule has 0 amide bonds. The molecule has 0 saturated heterocycles. The van der Waals surface area contributed by atoms with Gasteiger partial charge >= 0.3 is 0 Å². The van der Waals surface area contributed by atoms with E-state index < -0.39 is 0 Å². The Balaban J connectivity index is 3.56. The van der Waals surface area contributed by atoms with Gasteiger partial charge in [0.25, 0.3) is 0 Å². The van der Waals surface area contributed by atoms with Crippen LogP contribution in [0.1, 0.15) is 52.9 Å². The van der Waals surface area contributed by atoms with Crippen molar-refractivity contribution in [1.82, 2.24) is 0 Å². The molecule has 0 bridgehead atoms. The fourth-order valence-electron chi connectivity index (χ4n) is 1.29. The van der Waals surface area contributed by atoms with Gasteiger partial charge in [0.05, 0.1) is 0 Å². The summed E-state index contributed by atoms with van der Waals surface area (Å²) in [6.07, 6.45) is 7.17. The molecule has 0 heterocycles. The van der Waals surface area contributed by atoms with Crippen molar-refractivity contribution < 1.29 is 4.79 Å². The zero-order valence-corrected chi connectivity index (χ0v) is 9.73. The summed E-state index contributed by atoms with van der Waals surface area (Å²) in [5.74, 6) is 0.274. The number of hydrogen-bond acceptors (Lipinski definition) is 1. The van der Waals surface area contributed by atoms with E-state index in [1.165, 1.54) is 17.6 Å². The van der Waals surface area contributed by atoms with E-state index in [0.29, 0.717) is 6.42 Å². The SMILES string of the molecule is C=C(C)CCC/C(C)=C/CCC(C)=O. The minimum absolute atomic E-state index is 0.274. The Morgan fingerprint density at radius 2 is 1.79 bits per heavy atom. The van der Waals surface area contributed by atoms with Crippen LogP contribution >= 0.6 is 0 Å². The van der Waals surface area contributed by atoms with Crippen molar-refractivity contribution in [3.8, 4) is 0 Å². The second-order valence-electron chi connectivity index (χ2n) is 4.10. The maximum atomic E-state index is 10.7. The highest BCUT2D eigenvalue weighted by Gasteiger charge is 1.93. The van der Waals surface area contributed by atoms with E-state index in [9.17, 15) is 4.79 Å². The van der Waals surface area contributed by atoms with E-state index in [1.54, 1.807) is 6.92 Å². The summed E-state index contributed by atoms with van der Waals surface area (Å²) in [7, 11) is 0. The van der Waals surface area contributed by atoms with Crippen LogP contribution in [0.25, 0.3) is 0 Å². The summed E-state index contributed by atoms with van der Waals surface area (Å²) in [6.45, 7) is 9.72. The van der Waals surface area contributed by atoms with E-state index in [4.69, 9.17) is 0 Å². The van der Waals surface area contributed by atoms with Gasteiger partial charge in [0, 0.05) is 6.42 Å². The summed E-state index contributed by atoms with van der Waals surface area (Å²) < 4.78 is 0. The number of allylic oxidation sites excluding steroid dienone is 3. The summed E-state index contributed by atoms with van der Waals surface area (Å²) in [5.41, 5.74) is 2.65. The number of carbonyl (C=O) groups excluding carboxylic acids is 1. The lowest BCUT2D eigenvalue weighted by molar-refractivity contribution is -0.116. The zero-order valence-electron chi connectivity index (χ0n) is 9.73. The average Bonchev–Trinajstić information content (AvgIpc) is 2.02. The fraction of sp³-hybridized carbons (Fsp3) is 0.615. The first-order valence-electron chi connectivity index (χ1n) is 5.32. The van der Waals surface area contributed by atoms with Gasteiger partial charge in [0.1, 0.15) is 5.78 Å². The van der Waals surface area contributed by atoms with Crippen molar-refractivity contribution in [3.05, 3.63) is 23.8 Å². The molecule has 0 aromatic rings. The monoisotopic (exact) mass is 194 g/mol. The van der Waals surface area contributed by atoms with Crippen LogP contribution in [0, 0.1) is 0 Å². The van der Waals surface area contributed by atoms with Crippen LogP contribution in [0.15, 0.2) is 23.8 Å². The first kappa shape index (κ1) is 13.2. The number of carbonyl (C=O) groups is 1. The lowest BCUT2D eigenvalue weighted by Crippen LogP contribution is -1.88. The first-order valence-corrected chi connectivity index (χ1v) is 5.32. The molecule has 0 aliphatic rings. The topological polar surface area (TPSA) is 17.1 Å². The molecule has 0 rings (SSSR count). The van der Waals surface area contributed by atoms with Crippen molar-refractivity contribution in [3.63, 3.8) is 0 Å². The van der Waals surface area contributed by atoms with E-state index >= 15 is 0 Å². The molecular weight excluding hydrogens is 172 g/mol. The van der Waals surface area contributed by atoms with Gasteiger partial charge in [-0.1, -0.05) is 17.2 Å². The summed E-state index contributed by atoms with van der Waals surface area (Å²) in [5, 5.41) is 0. The van der Waals surface area contributed by atoms with Crippen LogP contribution in [-0.2, 0) is 4.79 Å². The van der Waals surface area contributed by atoms with Crippen LogP contribution in [0.3, 0.4) is 0 Å². The quantitative estimate of drug-likeness (QED) is 0.559. The van der Waals surface area contributed by atoms with Crippen LogP contribution in [0.2, 0.25) is 0 Å². The highest BCUT2D eigenvalue weighted by Crippen LogP contribution is 2.11. The molecule has 0 radical (unpaired) electrons. The van der Waals surface area contributed by atoms with Crippen LogP contribution < -0.4 is 0 Å². The molecule has 14 heavy (non-hydrogen) atoms. The Bertz CT molecular complexity index is 223. The fourth-order valence-corrected chi connectivity index (χ4v) is 1.29. The largest absolute Gasteiger partial charge is 0.300 e. The Morgan fingerprint density at radius 1 is 1.14 bits per heavy atom. The van der Waals surface area contributed by atoms with Gasteiger partial charge in [-0.2, -0.15) is 0 Å². The van der Waals surface area contributed by atoms with Crippen LogP contribution in [-0.4, -0.2) is 5.78 Å². The van der Waals surface area contributed by atoms with Gasteiger partial charge in [-0.25, -0.2) is 0 Å². The lowest BCUT2D eigenvalue weighted by atomic mass is 10.1. The van der Waals surface area contributed by atoms with Crippen molar-refractivity contribution in [2.24, 2.45) is 0 Å². The molecular formula is C13H22O. The third kappa shape index (κ3) is 9.24. The Labute approximate surface area is 87.9 Å². The van der Waals surface area contributed by atoms with Crippen LogP contribution in [0.4, 0.5) is 0 Å². The molecule has 0 unspecified atom stereocenters. The molecule has 1 nitrogen and oxygen atoms in total. The maximum absolute atomic E-state index is 10.7. The lowest BCUT2D eigenvalue weighted by Gasteiger charge is -2.01. The molecule has 0 aliphatic heterocycles. The smallest absolute Gasteiger partial charge is 0.130 e. The second-order valence-corrected chi connectivity index (χ2v) is 4.10. The molecule has 0 saturated carbocycles. The number of hydrogen-bond donors (Lipinski definition) is 0. The van der Waals surface area contributed by atoms with Gasteiger partial charge in [-0.3, -0.25) is 0 Å². The first-order chi connectivity index (χ1) is 6.52. The highest BCUT2D eigenvalue weighted by atomic mass is 16.1. The minimum Gasteiger partial charge on any atom is -0.300 e. The second kappa shape index (κ2) is 7.54. The van der Waals surface area contributed by atoms with Gasteiger partial charge in [0.15, 0.2) is 0 Å². The zero-order chi connectivity index (χ0) is 11.0. The molecule has 0 atom stereocenters. The average molecular weight is 194 g/mol. The molecule has 0 fully saturated rings. The summed E-state index contributed by atoms with van der Waals surface area (Å²) >= 11 is 0. The molecule has 1 heteroatoms. The van der Waals surface area contributed by atoms with Gasteiger partial charge in [-0.05, 0) is 46.5 Å². The van der Waals surface area contributed by atoms with Crippen molar-refractivity contribution in [2.45, 2.75) is 52.9 Å². The molecule has 0 spiro atoms. The molecule has 0 aliphatic carbocycles. The molecule has 0 aromatic heterocycles. The summed E-state index contributed by atoms with van der Waals surface area (Å²) in [6, 6.07) is 0. The molecule has 0 N–H and O–H groups in total. The number of rotatable bonds is 7. The number of ketones is 1. The Morgan fingerprint density at radius 3 is 2.29 bits per heavy atom. The standard InChI is InChI=1S/C13H22O/c1-11(2)7-5-8-12(3)9-6-10-13(4)14/h9H,1,5-8,10H2,2-4H3/b12-9+. The number of Topliss-reactive ketones (excluding diaryl/α,β-unsaturated/α-hetero) is 1. The van der Waals surface area contributed by atoms with E-state index in [2.05, 4.69) is 26.5 Å². The maximum Gasteiger partial charge on any atom is 0.130 e. The van der Waals surface area contributed by atoms with Gasteiger partial charge in [0.2, 0.25) is 0 Å². The minimum atomic E-state index is 0.274. The van der Waals surface area contributed by atoms with Crippen molar-refractivity contribution >= 4 is 5.78 Å². The Kier molecular flexibility index (Phi) is 7.09. The van der Waals surface area contributed by atoms with Crippen LogP contribution in [0.5, 0.6) is 0 Å². The predicted octanol–water partition coefficient (Wildman–Crippen LogP) is 4.05. The van der Waals surface area contributed by atoms with E-state index in [0.717, 1.165) is 19.3 Å². The third-order valence-corrected chi connectivity index (χ3v) is 2.16. The van der Waals surface area contributed by atoms with E-state index in [-0.39, 0.29) is 5.78 Å². The summed E-state index contributed by atoms with van der Waals surface area (Å²) in [4.78, 5) is 10.7. The van der Waals surface area contributed by atoms with Crippen molar-refractivity contribution in [2.75, 3.05) is 0 Å². The predicted molar refractivity (Wildman–Crippen MR) is 62.3 cm³/mol. The third-order valence-electron chi connectivity index (χ3n) is 2.16. The molecule has 80 valence electrons. The Hall–Kier alpha value is -0.850. The van der Waals surface area contributed by atoms with E-state index in [1.807, 2.05) is 0 Å². The van der Waals surface area contributed by atoms with Crippen molar-refractivity contribution in [1.29, 1.82) is 0 Å². The highest BCUT2D eigenvalue weighted by molar-refractivity contribution is 5.75. The van der Waals surface area contributed by atoms with Gasteiger partial charge in [-0.15, -0.1) is 6.58 Å². The molecule has 0 aromatic carbocycles. The normalized spacial score (nSPS) is 11.5. The van der Waals surface area contributed by atoms with Gasteiger partial charge < -0.3 is 4.79 Å².